The summed E-state index contributed by atoms with van der Waals surface area (Å²) in [6.07, 6.45) is 0. The molecule has 0 fully saturated rings. The highest BCUT2D eigenvalue weighted by Crippen LogP contribution is 2.44. The Morgan fingerprint density at radius 3 is 1.65 bits per heavy atom. The van der Waals surface area contributed by atoms with Gasteiger partial charge in [-0.3, -0.25) is 0 Å². The van der Waals surface area contributed by atoms with Crippen molar-refractivity contribution in [1.82, 2.24) is 9.13 Å². The summed E-state index contributed by atoms with van der Waals surface area (Å²) < 4.78 is 11.5. The second-order valence-corrected chi connectivity index (χ2v) is 13.3. The predicted octanol–water partition coefficient (Wildman–Crippen LogP) is 13.1. The van der Waals surface area contributed by atoms with Gasteiger partial charge in [0.05, 0.1) is 27.8 Å². The maximum atomic E-state index is 6.63. The summed E-state index contributed by atoms with van der Waals surface area (Å²) in [6.45, 7) is 0. The molecule has 11 aromatic rings. The van der Waals surface area contributed by atoms with Gasteiger partial charge in [0.25, 0.3) is 0 Å². The minimum absolute atomic E-state index is 0.898. The second-order valence-electron chi connectivity index (χ2n) is 13.3. The first-order chi connectivity index (χ1) is 25.3. The Bertz CT molecular complexity index is 3100. The maximum absolute atomic E-state index is 6.63. The number of hydrogen-bond donors (Lipinski definition) is 0. The van der Waals surface area contributed by atoms with Gasteiger partial charge in [-0.25, -0.2) is 0 Å². The van der Waals surface area contributed by atoms with Crippen LogP contribution in [0.1, 0.15) is 0 Å². The van der Waals surface area contributed by atoms with E-state index in [9.17, 15) is 0 Å². The van der Waals surface area contributed by atoms with Gasteiger partial charge in [0.1, 0.15) is 5.58 Å². The molecule has 51 heavy (non-hydrogen) atoms. The molecule has 8 aromatic carbocycles. The first kappa shape index (κ1) is 28.0. The van der Waals surface area contributed by atoms with Crippen molar-refractivity contribution in [3.8, 4) is 33.6 Å². The van der Waals surface area contributed by atoms with Crippen LogP contribution in [0, 0.1) is 0 Å². The van der Waals surface area contributed by atoms with Gasteiger partial charge in [-0.15, -0.1) is 0 Å². The number of benzene rings is 8. The highest BCUT2D eigenvalue weighted by molar-refractivity contribution is 6.26. The van der Waals surface area contributed by atoms with E-state index in [4.69, 9.17) is 4.42 Å². The van der Waals surface area contributed by atoms with E-state index in [1.165, 1.54) is 60.3 Å². The molecule has 238 valence electrons. The zero-order valence-electron chi connectivity index (χ0n) is 27.6. The van der Waals surface area contributed by atoms with Crippen molar-refractivity contribution in [1.29, 1.82) is 0 Å². The smallest absolute Gasteiger partial charge is 0.159 e. The molecule has 0 saturated carbocycles. The van der Waals surface area contributed by atoms with Gasteiger partial charge < -0.3 is 13.6 Å². The first-order valence-corrected chi connectivity index (χ1v) is 17.4. The van der Waals surface area contributed by atoms with Gasteiger partial charge >= 0.3 is 0 Å². The van der Waals surface area contributed by atoms with Gasteiger partial charge in [-0.2, -0.15) is 0 Å². The Morgan fingerprint density at radius 2 is 0.902 bits per heavy atom. The Morgan fingerprint density at radius 1 is 0.333 bits per heavy atom. The lowest BCUT2D eigenvalue weighted by Crippen LogP contribution is -1.96. The zero-order chi connectivity index (χ0) is 33.5. The number of nitrogens with zero attached hydrogens (tertiary/aromatic N) is 2. The van der Waals surface area contributed by atoms with Crippen LogP contribution in [0.15, 0.2) is 186 Å². The number of fused-ring (bicyclic) bond motifs is 10. The minimum Gasteiger partial charge on any atom is -0.454 e. The van der Waals surface area contributed by atoms with Gasteiger partial charge in [-0.1, -0.05) is 140 Å². The molecular weight excluding hydrogens is 621 g/mol. The van der Waals surface area contributed by atoms with E-state index in [0.717, 1.165) is 38.8 Å². The second kappa shape index (κ2) is 10.8. The van der Waals surface area contributed by atoms with Crippen LogP contribution in [0.4, 0.5) is 0 Å². The Labute approximate surface area is 293 Å². The number of hydrogen-bond acceptors (Lipinski definition) is 1. The third-order valence-corrected chi connectivity index (χ3v) is 10.5. The van der Waals surface area contributed by atoms with E-state index >= 15 is 0 Å². The number of rotatable bonds is 4. The normalized spacial score (nSPS) is 11.9. The predicted molar refractivity (Wildman–Crippen MR) is 213 cm³/mol. The summed E-state index contributed by atoms with van der Waals surface area (Å²) in [7, 11) is 0. The zero-order valence-corrected chi connectivity index (χ0v) is 27.6. The monoisotopic (exact) mass is 650 g/mol. The quantitative estimate of drug-likeness (QED) is 0.186. The van der Waals surface area contributed by atoms with Gasteiger partial charge in [0.2, 0.25) is 0 Å². The molecule has 0 radical (unpaired) electrons. The van der Waals surface area contributed by atoms with E-state index < -0.39 is 0 Å². The van der Waals surface area contributed by atoms with Gasteiger partial charge in [0.15, 0.2) is 5.58 Å². The summed E-state index contributed by atoms with van der Waals surface area (Å²) >= 11 is 0. The number of aromatic nitrogens is 2. The van der Waals surface area contributed by atoms with Crippen LogP contribution < -0.4 is 0 Å². The molecule has 0 bridgehead atoms. The molecule has 0 unspecified atom stereocenters. The molecule has 0 spiro atoms. The van der Waals surface area contributed by atoms with Crippen LogP contribution in [-0.2, 0) is 0 Å². The summed E-state index contributed by atoms with van der Waals surface area (Å²) in [5.41, 5.74) is 13.5. The van der Waals surface area contributed by atoms with E-state index in [-0.39, 0.29) is 0 Å². The molecule has 0 N–H and O–H groups in total. The molecule has 0 atom stereocenters. The van der Waals surface area contributed by atoms with Crippen LogP contribution in [0.2, 0.25) is 0 Å². The van der Waals surface area contributed by atoms with Crippen molar-refractivity contribution in [3.63, 3.8) is 0 Å². The Kier molecular flexibility index (Phi) is 5.96. The van der Waals surface area contributed by atoms with Crippen molar-refractivity contribution >= 4 is 65.6 Å². The SMILES string of the molecule is c1ccc(-c2ccc(-c3ccc(-n4c5ccccc5c5c4ccc4c6ccccc6n(-c6cccc7c6oc6ccccc67)c45)cc3)cc2)cc1. The highest BCUT2D eigenvalue weighted by atomic mass is 16.3. The Balaban J connectivity index is 1.14. The molecule has 0 amide bonds. The lowest BCUT2D eigenvalue weighted by Gasteiger charge is -2.11. The maximum Gasteiger partial charge on any atom is 0.159 e. The van der Waals surface area contributed by atoms with Gasteiger partial charge in [0, 0.05) is 38.0 Å². The summed E-state index contributed by atoms with van der Waals surface area (Å²) in [6, 6.07) is 65.4. The largest absolute Gasteiger partial charge is 0.454 e. The third-order valence-electron chi connectivity index (χ3n) is 10.5. The van der Waals surface area contributed by atoms with Crippen LogP contribution in [-0.4, -0.2) is 9.13 Å². The summed E-state index contributed by atoms with van der Waals surface area (Å²) in [5, 5.41) is 7.16. The lowest BCUT2D eigenvalue weighted by atomic mass is 10.0. The molecule has 0 aliphatic heterocycles. The molecule has 0 aliphatic rings. The highest BCUT2D eigenvalue weighted by Gasteiger charge is 2.22. The van der Waals surface area contributed by atoms with Crippen molar-refractivity contribution in [2.75, 3.05) is 0 Å². The molecule has 3 heterocycles. The van der Waals surface area contributed by atoms with Crippen LogP contribution in [0.5, 0.6) is 0 Å². The molecule has 3 heteroatoms. The fourth-order valence-electron chi connectivity index (χ4n) is 8.23. The fraction of sp³-hybridized carbons (Fsp3) is 0. The molecular formula is C48H30N2O. The molecule has 3 aromatic heterocycles. The van der Waals surface area contributed by atoms with E-state index in [1.54, 1.807) is 0 Å². The van der Waals surface area contributed by atoms with Crippen molar-refractivity contribution in [2.24, 2.45) is 0 Å². The van der Waals surface area contributed by atoms with Crippen LogP contribution in [0.3, 0.4) is 0 Å². The molecule has 0 saturated heterocycles. The van der Waals surface area contributed by atoms with Crippen molar-refractivity contribution < 1.29 is 4.42 Å². The van der Waals surface area contributed by atoms with Crippen LogP contribution >= 0.6 is 0 Å². The lowest BCUT2D eigenvalue weighted by molar-refractivity contribution is 0.666. The minimum atomic E-state index is 0.898. The van der Waals surface area contributed by atoms with Crippen LogP contribution in [0.25, 0.3) is 99.2 Å². The van der Waals surface area contributed by atoms with E-state index in [1.807, 2.05) is 6.07 Å². The summed E-state index contributed by atoms with van der Waals surface area (Å²) in [5.74, 6) is 0. The van der Waals surface area contributed by atoms with Gasteiger partial charge in [-0.05, 0) is 64.7 Å². The third kappa shape index (κ3) is 4.12. The molecule has 0 aliphatic carbocycles. The standard InChI is InChI=1S/C48H30N2O/c1-2-11-31(12-3-1)32-21-23-33(24-22-32)34-25-27-35(28-26-34)49-42-18-8-5-15-40(42)46-43(49)30-29-38-36-13-4-7-17-41(36)50(47(38)46)44-19-10-16-39-37-14-6-9-20-45(37)51-48(39)44/h1-30H. The number of para-hydroxylation sites is 4. The van der Waals surface area contributed by atoms with E-state index in [2.05, 4.69) is 185 Å². The first-order valence-electron chi connectivity index (χ1n) is 17.4. The fourth-order valence-corrected chi connectivity index (χ4v) is 8.23. The van der Waals surface area contributed by atoms with Crippen molar-refractivity contribution in [3.05, 3.63) is 182 Å². The average molecular weight is 651 g/mol. The molecule has 3 nitrogen and oxygen atoms in total. The van der Waals surface area contributed by atoms with Crippen molar-refractivity contribution in [2.45, 2.75) is 0 Å². The van der Waals surface area contributed by atoms with E-state index in [0.29, 0.717) is 0 Å². The summed E-state index contributed by atoms with van der Waals surface area (Å²) in [4.78, 5) is 0. The molecule has 11 rings (SSSR count). The number of furan rings is 1. The average Bonchev–Trinajstić information content (AvgIpc) is 3.86. The Hall–Kier alpha value is -6.84. The topological polar surface area (TPSA) is 23.0 Å².